The largest absolute Gasteiger partial charge is 0.325 e. The van der Waals surface area contributed by atoms with Crippen LogP contribution in [0.4, 0.5) is 4.79 Å². The van der Waals surface area contributed by atoms with Gasteiger partial charge < -0.3 is 5.32 Å². The minimum absolute atomic E-state index is 0.187. The quantitative estimate of drug-likeness (QED) is 0.455. The van der Waals surface area contributed by atoms with E-state index in [1.54, 1.807) is 35.6 Å². The van der Waals surface area contributed by atoms with Crippen molar-refractivity contribution in [3.8, 4) is 0 Å². The highest BCUT2D eigenvalue weighted by Gasteiger charge is 2.54. The van der Waals surface area contributed by atoms with Crippen LogP contribution in [0.1, 0.15) is 56.8 Å². The van der Waals surface area contributed by atoms with Crippen LogP contribution in [0.25, 0.3) is 0 Å². The molecule has 5 rings (SSSR count). The minimum atomic E-state index is -0.923. The van der Waals surface area contributed by atoms with Crippen LogP contribution in [-0.4, -0.2) is 46.6 Å². The van der Waals surface area contributed by atoms with Crippen molar-refractivity contribution in [1.82, 2.24) is 15.1 Å². The normalized spacial score (nSPS) is 22.7. The van der Waals surface area contributed by atoms with Gasteiger partial charge in [-0.05, 0) is 55.7 Å². The molecule has 7 nitrogen and oxygen atoms in total. The first kappa shape index (κ1) is 19.0. The summed E-state index contributed by atoms with van der Waals surface area (Å²) in [6, 6.07) is 8.38. The van der Waals surface area contributed by atoms with Crippen LogP contribution in [0.3, 0.4) is 0 Å². The maximum Gasteiger partial charge on any atom is 0.325 e. The lowest BCUT2D eigenvalue weighted by Gasteiger charge is -2.31. The Morgan fingerprint density at radius 3 is 2.30 bits per heavy atom. The van der Waals surface area contributed by atoms with E-state index < -0.39 is 5.54 Å². The zero-order valence-corrected chi connectivity index (χ0v) is 17.2. The third-order valence-corrected chi connectivity index (χ3v) is 7.21. The van der Waals surface area contributed by atoms with E-state index in [1.807, 2.05) is 11.4 Å². The monoisotopic (exact) mass is 423 g/mol. The second kappa shape index (κ2) is 7.05. The van der Waals surface area contributed by atoms with E-state index in [-0.39, 0.29) is 36.8 Å². The van der Waals surface area contributed by atoms with Gasteiger partial charge >= 0.3 is 6.03 Å². The number of thiophene rings is 1. The van der Waals surface area contributed by atoms with E-state index in [1.165, 1.54) is 14.7 Å². The average Bonchev–Trinajstić information content (AvgIpc) is 3.39. The lowest BCUT2D eigenvalue weighted by molar-refractivity contribution is -0.132. The van der Waals surface area contributed by atoms with Crippen LogP contribution in [0.2, 0.25) is 0 Å². The summed E-state index contributed by atoms with van der Waals surface area (Å²) >= 11 is 1.63. The molecule has 2 aromatic rings. The molecular weight excluding hydrogens is 402 g/mol. The van der Waals surface area contributed by atoms with Gasteiger partial charge in [-0.1, -0.05) is 12.1 Å². The van der Waals surface area contributed by atoms with Gasteiger partial charge in [-0.3, -0.25) is 24.2 Å². The summed E-state index contributed by atoms with van der Waals surface area (Å²) in [5, 5.41) is 4.92. The Morgan fingerprint density at radius 1 is 0.933 bits per heavy atom. The lowest BCUT2D eigenvalue weighted by atomic mass is 9.80. The summed E-state index contributed by atoms with van der Waals surface area (Å²) in [7, 11) is 0. The molecule has 1 spiro atoms. The zero-order chi connectivity index (χ0) is 20.9. The number of unbranched alkanes of at least 4 members (excludes halogenated alkanes) is 1. The number of rotatable bonds is 5. The molecule has 0 saturated carbocycles. The highest BCUT2D eigenvalue weighted by Crippen LogP contribution is 2.42. The van der Waals surface area contributed by atoms with Crippen LogP contribution >= 0.6 is 11.3 Å². The van der Waals surface area contributed by atoms with Crippen LogP contribution in [0.15, 0.2) is 35.7 Å². The topological polar surface area (TPSA) is 86.8 Å². The number of hydrogen-bond acceptors (Lipinski definition) is 5. The summed E-state index contributed by atoms with van der Waals surface area (Å²) in [6.45, 7) is 0.547. The second-order valence-corrected chi connectivity index (χ2v) is 8.92. The SMILES string of the molecule is O=C1NC2(CCCc3sccc32)C(=O)N1CCCCN1C(=O)c2ccccc2C1=O. The van der Waals surface area contributed by atoms with Crippen molar-refractivity contribution in [2.75, 3.05) is 13.1 Å². The smallest absolute Gasteiger partial charge is 0.319 e. The van der Waals surface area contributed by atoms with Crippen LogP contribution in [0.5, 0.6) is 0 Å². The molecule has 30 heavy (non-hydrogen) atoms. The Kier molecular flexibility index (Phi) is 4.47. The molecule has 8 heteroatoms. The maximum absolute atomic E-state index is 13.2. The van der Waals surface area contributed by atoms with Gasteiger partial charge in [0.1, 0.15) is 5.54 Å². The van der Waals surface area contributed by atoms with Crippen molar-refractivity contribution in [2.24, 2.45) is 0 Å². The number of amides is 5. The summed E-state index contributed by atoms with van der Waals surface area (Å²) in [6.07, 6.45) is 3.48. The Balaban J connectivity index is 1.21. The molecule has 3 heterocycles. The van der Waals surface area contributed by atoms with E-state index in [4.69, 9.17) is 0 Å². The van der Waals surface area contributed by atoms with Crippen LogP contribution in [0, 0.1) is 0 Å². The fourth-order valence-corrected chi connectivity index (χ4v) is 5.73. The summed E-state index contributed by atoms with van der Waals surface area (Å²) in [4.78, 5) is 54.3. The van der Waals surface area contributed by atoms with E-state index in [2.05, 4.69) is 5.32 Å². The predicted octanol–water partition coefficient (Wildman–Crippen LogP) is 2.91. The van der Waals surface area contributed by atoms with E-state index in [0.717, 1.165) is 18.4 Å². The highest BCUT2D eigenvalue weighted by atomic mass is 32.1. The number of imide groups is 2. The Morgan fingerprint density at radius 2 is 1.60 bits per heavy atom. The lowest BCUT2D eigenvalue weighted by Crippen LogP contribution is -2.46. The van der Waals surface area contributed by atoms with Crippen molar-refractivity contribution >= 4 is 35.1 Å². The standard InChI is InChI=1S/C22H21N3O4S/c26-18-14-6-1-2-7-15(14)19(27)24(18)11-3-4-12-25-20(28)22(23-21(25)29)10-5-8-17-16(22)9-13-30-17/h1-2,6-7,9,13H,3-5,8,10-12H2,(H,23,29). The number of nitrogens with zero attached hydrogens (tertiary/aromatic N) is 2. The van der Waals surface area contributed by atoms with Crippen molar-refractivity contribution in [2.45, 2.75) is 37.6 Å². The molecule has 1 saturated heterocycles. The van der Waals surface area contributed by atoms with Crippen molar-refractivity contribution in [3.05, 3.63) is 57.3 Å². The van der Waals surface area contributed by atoms with Crippen molar-refractivity contribution in [3.63, 3.8) is 0 Å². The second-order valence-electron chi connectivity index (χ2n) is 7.92. The van der Waals surface area contributed by atoms with Gasteiger partial charge in [0, 0.05) is 23.5 Å². The van der Waals surface area contributed by atoms with E-state index in [0.29, 0.717) is 30.4 Å². The number of hydrogen-bond donors (Lipinski definition) is 1. The molecule has 1 N–H and O–H groups in total. The molecular formula is C22H21N3O4S. The van der Waals surface area contributed by atoms with Gasteiger partial charge in [0.15, 0.2) is 0 Å². The van der Waals surface area contributed by atoms with Gasteiger partial charge in [-0.2, -0.15) is 0 Å². The number of carbonyl (C=O) groups is 4. The molecule has 3 aliphatic rings. The van der Waals surface area contributed by atoms with Crippen LogP contribution in [-0.2, 0) is 16.8 Å². The van der Waals surface area contributed by atoms with Crippen molar-refractivity contribution in [1.29, 1.82) is 0 Å². The Hall–Kier alpha value is -3.00. The molecule has 1 aromatic heterocycles. The highest BCUT2D eigenvalue weighted by molar-refractivity contribution is 7.10. The third kappa shape index (κ3) is 2.70. The minimum Gasteiger partial charge on any atom is -0.319 e. The number of aryl methyl sites for hydroxylation is 1. The maximum atomic E-state index is 13.2. The van der Waals surface area contributed by atoms with E-state index >= 15 is 0 Å². The molecule has 1 aliphatic carbocycles. The zero-order valence-electron chi connectivity index (χ0n) is 16.3. The Labute approximate surface area is 177 Å². The molecule has 2 aliphatic heterocycles. The number of fused-ring (bicyclic) bond motifs is 3. The van der Waals surface area contributed by atoms with Crippen molar-refractivity contribution < 1.29 is 19.2 Å². The fourth-order valence-electron chi connectivity index (χ4n) is 4.73. The first-order chi connectivity index (χ1) is 14.5. The van der Waals surface area contributed by atoms with Gasteiger partial charge in [0.25, 0.3) is 17.7 Å². The third-order valence-electron chi connectivity index (χ3n) is 6.23. The molecule has 1 aromatic carbocycles. The number of carbonyl (C=O) groups excluding carboxylic acids is 4. The molecule has 1 unspecified atom stereocenters. The average molecular weight is 423 g/mol. The van der Waals surface area contributed by atoms with Gasteiger partial charge in [0.05, 0.1) is 11.1 Å². The first-order valence-electron chi connectivity index (χ1n) is 10.2. The first-order valence-corrected chi connectivity index (χ1v) is 11.1. The Bertz CT molecular complexity index is 1040. The van der Waals surface area contributed by atoms with E-state index in [9.17, 15) is 19.2 Å². The van der Waals surface area contributed by atoms with Gasteiger partial charge in [0.2, 0.25) is 0 Å². The molecule has 0 radical (unpaired) electrons. The summed E-state index contributed by atoms with van der Waals surface area (Å²) in [5.41, 5.74) is 0.878. The molecule has 0 bridgehead atoms. The summed E-state index contributed by atoms with van der Waals surface area (Å²) < 4.78 is 0. The summed E-state index contributed by atoms with van der Waals surface area (Å²) in [5.74, 6) is -0.749. The number of nitrogens with one attached hydrogen (secondary N) is 1. The number of urea groups is 1. The number of benzene rings is 1. The fraction of sp³-hybridized carbons (Fsp3) is 0.364. The van der Waals surface area contributed by atoms with Gasteiger partial charge in [-0.25, -0.2) is 4.79 Å². The molecule has 5 amide bonds. The molecule has 154 valence electrons. The van der Waals surface area contributed by atoms with Crippen LogP contribution < -0.4 is 5.32 Å². The predicted molar refractivity (Wildman–Crippen MR) is 110 cm³/mol. The molecule has 1 atom stereocenters. The van der Waals surface area contributed by atoms with Gasteiger partial charge in [-0.15, -0.1) is 11.3 Å². The molecule has 1 fully saturated rings.